The lowest BCUT2D eigenvalue weighted by Crippen LogP contribution is -1.83. The highest BCUT2D eigenvalue weighted by Crippen LogP contribution is 2.24. The first-order chi connectivity index (χ1) is 6.27. The van der Waals surface area contributed by atoms with Crippen molar-refractivity contribution in [3.8, 4) is 17.0 Å². The number of hydrogen-bond donors (Lipinski definition) is 1. The minimum atomic E-state index is -0.508. The van der Waals surface area contributed by atoms with Crippen LogP contribution in [-0.2, 0) is 0 Å². The highest BCUT2D eigenvalue weighted by molar-refractivity contribution is 7.07. The van der Waals surface area contributed by atoms with Gasteiger partial charge in [0.25, 0.3) is 0 Å². The van der Waals surface area contributed by atoms with Crippen LogP contribution in [0.25, 0.3) is 11.3 Å². The van der Waals surface area contributed by atoms with Crippen molar-refractivity contribution >= 4 is 11.3 Å². The predicted molar refractivity (Wildman–Crippen MR) is 48.0 cm³/mol. The molecule has 1 heterocycles. The number of nitrogens with zero attached hydrogens (tertiary/aromatic N) is 1. The van der Waals surface area contributed by atoms with Gasteiger partial charge in [-0.1, -0.05) is 0 Å². The summed E-state index contributed by atoms with van der Waals surface area (Å²) in [5, 5.41) is 10.7. The molecule has 0 unspecified atom stereocenters. The van der Waals surface area contributed by atoms with E-state index in [0.29, 0.717) is 11.3 Å². The molecule has 0 fully saturated rings. The molecule has 1 radical (unpaired) electrons. The summed E-state index contributed by atoms with van der Waals surface area (Å²) in [4.78, 5) is 3.94. The molecule has 0 atom stereocenters. The lowest BCUT2D eigenvalue weighted by Gasteiger charge is -1.98. The molecule has 4 heteroatoms. The van der Waals surface area contributed by atoms with Gasteiger partial charge in [-0.3, -0.25) is 0 Å². The molecular formula is C9H5FNOS. The number of phenolic OH excluding ortho intramolecular Hbond substituents is 1. The fraction of sp³-hybridized carbons (Fsp3) is 0. The maximum atomic E-state index is 13.2. The number of benzene rings is 1. The zero-order valence-corrected chi connectivity index (χ0v) is 7.31. The highest BCUT2D eigenvalue weighted by atomic mass is 32.1. The third-order valence-electron chi connectivity index (χ3n) is 1.57. The molecule has 0 aliphatic carbocycles. The van der Waals surface area contributed by atoms with E-state index in [2.05, 4.69) is 11.1 Å². The second-order valence-corrected chi connectivity index (χ2v) is 3.17. The minimum absolute atomic E-state index is 0.128. The van der Waals surface area contributed by atoms with Gasteiger partial charge in [0, 0.05) is 17.0 Å². The molecule has 2 nitrogen and oxygen atoms in total. The van der Waals surface area contributed by atoms with Crippen LogP contribution in [0.15, 0.2) is 23.0 Å². The number of aromatic hydroxyl groups is 1. The van der Waals surface area contributed by atoms with Crippen LogP contribution in [0.1, 0.15) is 0 Å². The molecule has 65 valence electrons. The Bertz CT molecular complexity index is 414. The van der Waals surface area contributed by atoms with Gasteiger partial charge in [-0.15, -0.1) is 11.3 Å². The molecule has 0 aliphatic rings. The number of phenols is 1. The molecule has 0 spiro atoms. The van der Waals surface area contributed by atoms with E-state index in [-0.39, 0.29) is 5.75 Å². The van der Waals surface area contributed by atoms with Gasteiger partial charge in [-0.2, -0.15) is 0 Å². The Hall–Kier alpha value is -1.42. The summed E-state index contributed by atoms with van der Waals surface area (Å²) in [5.41, 5.74) is 2.46. The van der Waals surface area contributed by atoms with Crippen molar-refractivity contribution in [3.63, 3.8) is 0 Å². The Morgan fingerprint density at radius 2 is 2.38 bits per heavy atom. The van der Waals surface area contributed by atoms with Gasteiger partial charge < -0.3 is 5.11 Å². The van der Waals surface area contributed by atoms with Crippen molar-refractivity contribution in [3.05, 3.63) is 34.9 Å². The number of halogens is 1. The van der Waals surface area contributed by atoms with Crippen molar-refractivity contribution < 1.29 is 9.50 Å². The largest absolute Gasteiger partial charge is 0.508 e. The molecular weight excluding hydrogens is 189 g/mol. The third-order valence-corrected chi connectivity index (χ3v) is 2.15. The van der Waals surface area contributed by atoms with Crippen molar-refractivity contribution in [2.75, 3.05) is 0 Å². The normalized spacial score (nSPS) is 10.2. The van der Waals surface area contributed by atoms with Crippen molar-refractivity contribution in [1.29, 1.82) is 0 Å². The second-order valence-electron chi connectivity index (χ2n) is 2.45. The zero-order chi connectivity index (χ0) is 9.26. The summed E-state index contributed by atoms with van der Waals surface area (Å²) in [7, 11) is 0. The van der Waals surface area contributed by atoms with Crippen LogP contribution in [0.4, 0.5) is 4.39 Å². The Labute approximate surface area is 78.3 Å². The Balaban J connectivity index is 2.53. The summed E-state index contributed by atoms with van der Waals surface area (Å²) in [5.74, 6) is -0.637. The van der Waals surface area contributed by atoms with Crippen LogP contribution >= 0.6 is 11.3 Å². The Kier molecular flexibility index (Phi) is 1.98. The average molecular weight is 194 g/mol. The molecule has 0 amide bonds. The maximum absolute atomic E-state index is 13.2. The van der Waals surface area contributed by atoms with Gasteiger partial charge in [0.15, 0.2) is 0 Å². The van der Waals surface area contributed by atoms with Gasteiger partial charge in [0.1, 0.15) is 11.6 Å². The standard InChI is InChI=1S/C9H5FNOS/c10-8-3-6(12)1-2-7(8)9-4-13-5-11-9/h1,3-5,12H. The van der Waals surface area contributed by atoms with E-state index in [1.54, 1.807) is 10.9 Å². The van der Waals surface area contributed by atoms with Crippen LogP contribution in [0, 0.1) is 11.9 Å². The van der Waals surface area contributed by atoms with Crippen LogP contribution in [-0.4, -0.2) is 10.1 Å². The summed E-state index contributed by atoms with van der Waals surface area (Å²) >= 11 is 1.39. The first-order valence-electron chi connectivity index (χ1n) is 3.56. The lowest BCUT2D eigenvalue weighted by molar-refractivity contribution is 0.469. The van der Waals surface area contributed by atoms with Crippen molar-refractivity contribution in [1.82, 2.24) is 4.98 Å². The monoisotopic (exact) mass is 194 g/mol. The smallest absolute Gasteiger partial charge is 0.136 e. The van der Waals surface area contributed by atoms with Gasteiger partial charge in [-0.25, -0.2) is 9.37 Å². The van der Waals surface area contributed by atoms with E-state index < -0.39 is 5.82 Å². The van der Waals surface area contributed by atoms with Gasteiger partial charge in [0.05, 0.1) is 11.2 Å². The Morgan fingerprint density at radius 1 is 1.54 bits per heavy atom. The van der Waals surface area contributed by atoms with Gasteiger partial charge >= 0.3 is 0 Å². The van der Waals surface area contributed by atoms with E-state index in [9.17, 15) is 4.39 Å². The number of thiazole rings is 1. The third kappa shape index (κ3) is 1.53. The van der Waals surface area contributed by atoms with Crippen molar-refractivity contribution in [2.45, 2.75) is 0 Å². The average Bonchev–Trinajstić information content (AvgIpc) is 2.56. The van der Waals surface area contributed by atoms with Crippen molar-refractivity contribution in [2.24, 2.45) is 0 Å². The molecule has 0 bridgehead atoms. The van der Waals surface area contributed by atoms with E-state index >= 15 is 0 Å². The van der Waals surface area contributed by atoms with Gasteiger partial charge in [-0.05, 0) is 12.1 Å². The number of rotatable bonds is 1. The molecule has 0 aliphatic heterocycles. The minimum Gasteiger partial charge on any atom is -0.508 e. The fourth-order valence-corrected chi connectivity index (χ4v) is 1.53. The summed E-state index contributed by atoms with van der Waals surface area (Å²) < 4.78 is 13.2. The molecule has 0 saturated carbocycles. The van der Waals surface area contributed by atoms with Crippen LogP contribution in [0.2, 0.25) is 0 Å². The Morgan fingerprint density at radius 3 is 3.00 bits per heavy atom. The molecule has 1 N–H and O–H groups in total. The highest BCUT2D eigenvalue weighted by Gasteiger charge is 2.07. The van der Waals surface area contributed by atoms with Gasteiger partial charge in [0.2, 0.25) is 0 Å². The quantitative estimate of drug-likeness (QED) is 0.756. The number of hydrogen-bond acceptors (Lipinski definition) is 3. The summed E-state index contributed by atoms with van der Waals surface area (Å²) in [6.07, 6.45) is 0. The first kappa shape index (κ1) is 8.19. The molecule has 1 aromatic carbocycles. The molecule has 13 heavy (non-hydrogen) atoms. The first-order valence-corrected chi connectivity index (χ1v) is 4.50. The molecule has 2 aromatic rings. The van der Waals surface area contributed by atoms with E-state index in [0.717, 1.165) is 6.07 Å². The second kappa shape index (κ2) is 3.14. The van der Waals surface area contributed by atoms with E-state index in [4.69, 9.17) is 5.11 Å². The number of aromatic nitrogens is 1. The predicted octanol–water partition coefficient (Wildman–Crippen LogP) is 2.45. The zero-order valence-electron chi connectivity index (χ0n) is 6.49. The lowest BCUT2D eigenvalue weighted by atomic mass is 10.1. The maximum Gasteiger partial charge on any atom is 0.136 e. The summed E-state index contributed by atoms with van der Waals surface area (Å²) in [6.45, 7) is 0. The SMILES string of the molecule is Oc1c[c]c(-c2cscn2)c(F)c1. The molecule has 1 aromatic heterocycles. The van der Waals surface area contributed by atoms with Crippen LogP contribution in [0.5, 0.6) is 5.75 Å². The topological polar surface area (TPSA) is 33.1 Å². The van der Waals surface area contributed by atoms with Crippen LogP contribution in [0.3, 0.4) is 0 Å². The van der Waals surface area contributed by atoms with E-state index in [1.165, 1.54) is 17.4 Å². The molecule has 2 rings (SSSR count). The van der Waals surface area contributed by atoms with E-state index in [1.807, 2.05) is 0 Å². The molecule has 0 saturated heterocycles. The van der Waals surface area contributed by atoms with Crippen LogP contribution < -0.4 is 0 Å². The fourth-order valence-electron chi connectivity index (χ4n) is 0.991. The summed E-state index contributed by atoms with van der Waals surface area (Å²) in [6, 6.07) is 4.99.